The summed E-state index contributed by atoms with van der Waals surface area (Å²) in [6.45, 7) is 1.89. The molecule has 6 heteroatoms. The fourth-order valence-corrected chi connectivity index (χ4v) is 3.06. The van der Waals surface area contributed by atoms with Crippen molar-refractivity contribution >= 4 is 11.8 Å². The van der Waals surface area contributed by atoms with Crippen molar-refractivity contribution in [2.24, 2.45) is 5.92 Å². The Kier molecular flexibility index (Phi) is 5.55. The Bertz CT molecular complexity index is 699. The molecule has 1 fully saturated rings. The molecule has 1 aromatic carbocycles. The van der Waals surface area contributed by atoms with E-state index in [9.17, 15) is 14.9 Å². The molecular weight excluding hydrogens is 304 g/mol. The number of hydrogen-bond donors (Lipinski definition) is 2. The molecule has 0 aromatic heterocycles. The van der Waals surface area contributed by atoms with E-state index in [4.69, 9.17) is 5.26 Å². The molecule has 0 radical (unpaired) electrons. The molecule has 1 aliphatic carbocycles. The molecule has 0 bridgehead atoms. The van der Waals surface area contributed by atoms with E-state index >= 15 is 0 Å². The molecule has 2 N–H and O–H groups in total. The molecule has 2 atom stereocenters. The van der Waals surface area contributed by atoms with Gasteiger partial charge in [-0.25, -0.2) is 0 Å². The van der Waals surface area contributed by atoms with E-state index in [1.54, 1.807) is 12.1 Å². The predicted octanol–water partition coefficient (Wildman–Crippen LogP) is 1.88. The highest BCUT2D eigenvalue weighted by molar-refractivity contribution is 5.96. The summed E-state index contributed by atoms with van der Waals surface area (Å²) in [4.78, 5) is 24.1. The van der Waals surface area contributed by atoms with Gasteiger partial charge < -0.3 is 10.6 Å². The zero-order valence-electron chi connectivity index (χ0n) is 13.6. The summed E-state index contributed by atoms with van der Waals surface area (Å²) in [5.74, 6) is -0.364. The maximum Gasteiger partial charge on any atom is 0.251 e. The maximum absolute atomic E-state index is 12.1. The molecule has 0 spiro atoms. The zero-order valence-corrected chi connectivity index (χ0v) is 13.6. The van der Waals surface area contributed by atoms with E-state index in [1.807, 2.05) is 6.07 Å². The Morgan fingerprint density at radius 3 is 2.58 bits per heavy atom. The topological polar surface area (TPSA) is 106 Å². The van der Waals surface area contributed by atoms with Crippen LogP contribution in [-0.4, -0.2) is 23.9 Å². The molecule has 0 heterocycles. The number of nitrogens with zero attached hydrogens (tertiary/aromatic N) is 2. The van der Waals surface area contributed by atoms with Crippen molar-refractivity contribution in [2.75, 3.05) is 6.54 Å². The SMILES string of the molecule is CC1CCCC(C#N)(NC(=O)CNC(=O)c2ccc(C#N)cc2)C1. The van der Waals surface area contributed by atoms with E-state index in [-0.39, 0.29) is 12.5 Å². The molecule has 2 amide bonds. The van der Waals surface area contributed by atoms with Gasteiger partial charge in [0.2, 0.25) is 5.91 Å². The van der Waals surface area contributed by atoms with Crippen LogP contribution in [0, 0.1) is 28.6 Å². The second-order valence-electron chi connectivity index (χ2n) is 6.32. The van der Waals surface area contributed by atoms with E-state index < -0.39 is 11.4 Å². The van der Waals surface area contributed by atoms with Crippen molar-refractivity contribution in [1.82, 2.24) is 10.6 Å². The number of carbonyl (C=O) groups is 2. The Balaban J connectivity index is 1.89. The Labute approximate surface area is 141 Å². The summed E-state index contributed by atoms with van der Waals surface area (Å²) < 4.78 is 0. The third kappa shape index (κ3) is 4.33. The van der Waals surface area contributed by atoms with Crippen LogP contribution in [-0.2, 0) is 4.79 Å². The zero-order chi connectivity index (χ0) is 17.6. The number of rotatable bonds is 4. The fourth-order valence-electron chi connectivity index (χ4n) is 3.06. The third-order valence-electron chi connectivity index (χ3n) is 4.28. The second kappa shape index (κ2) is 7.61. The minimum Gasteiger partial charge on any atom is -0.343 e. The number of nitriles is 2. The molecule has 0 aliphatic heterocycles. The van der Waals surface area contributed by atoms with E-state index in [0.717, 1.165) is 12.8 Å². The van der Waals surface area contributed by atoms with Gasteiger partial charge in [0.1, 0.15) is 5.54 Å². The summed E-state index contributed by atoms with van der Waals surface area (Å²) in [6, 6.07) is 10.4. The van der Waals surface area contributed by atoms with Crippen LogP contribution in [0.25, 0.3) is 0 Å². The average molecular weight is 324 g/mol. The standard InChI is InChI=1S/C18H20N4O2/c1-13-3-2-8-18(9-13,12-20)22-16(23)11-21-17(24)15-6-4-14(10-19)5-7-15/h4-7,13H,2-3,8-9,11H2,1H3,(H,21,24)(H,22,23). The van der Waals surface area contributed by atoms with Crippen LogP contribution in [0.2, 0.25) is 0 Å². The number of hydrogen-bond acceptors (Lipinski definition) is 4. The van der Waals surface area contributed by atoms with Crippen molar-refractivity contribution in [3.8, 4) is 12.1 Å². The van der Waals surface area contributed by atoms with Gasteiger partial charge in [0.25, 0.3) is 5.91 Å². The highest BCUT2D eigenvalue weighted by atomic mass is 16.2. The van der Waals surface area contributed by atoms with Gasteiger partial charge in [-0.2, -0.15) is 10.5 Å². The summed E-state index contributed by atoms with van der Waals surface area (Å²) in [5, 5.41) is 23.5. The first-order chi connectivity index (χ1) is 11.5. The average Bonchev–Trinajstić information content (AvgIpc) is 2.59. The molecule has 1 aliphatic rings. The van der Waals surface area contributed by atoms with Crippen molar-refractivity contribution in [1.29, 1.82) is 10.5 Å². The number of amides is 2. The predicted molar refractivity (Wildman–Crippen MR) is 87.6 cm³/mol. The van der Waals surface area contributed by atoms with Crippen LogP contribution in [0.3, 0.4) is 0 Å². The fraction of sp³-hybridized carbons (Fsp3) is 0.444. The largest absolute Gasteiger partial charge is 0.343 e. The second-order valence-corrected chi connectivity index (χ2v) is 6.32. The van der Waals surface area contributed by atoms with Crippen molar-refractivity contribution in [3.63, 3.8) is 0 Å². The number of nitrogens with one attached hydrogen (secondary N) is 2. The minimum absolute atomic E-state index is 0.184. The van der Waals surface area contributed by atoms with Crippen LogP contribution in [0.1, 0.15) is 48.5 Å². The van der Waals surface area contributed by atoms with E-state index in [0.29, 0.717) is 29.9 Å². The lowest BCUT2D eigenvalue weighted by molar-refractivity contribution is -0.121. The van der Waals surface area contributed by atoms with Crippen molar-refractivity contribution < 1.29 is 9.59 Å². The van der Waals surface area contributed by atoms with Gasteiger partial charge in [0.05, 0.1) is 24.2 Å². The highest BCUT2D eigenvalue weighted by Gasteiger charge is 2.36. The molecule has 124 valence electrons. The lowest BCUT2D eigenvalue weighted by Gasteiger charge is -2.35. The van der Waals surface area contributed by atoms with Crippen LogP contribution < -0.4 is 10.6 Å². The quantitative estimate of drug-likeness (QED) is 0.882. The Hall–Kier alpha value is -2.86. The first-order valence-electron chi connectivity index (χ1n) is 7.98. The van der Waals surface area contributed by atoms with Crippen LogP contribution >= 0.6 is 0 Å². The van der Waals surface area contributed by atoms with Gasteiger partial charge in [0.15, 0.2) is 0 Å². The van der Waals surface area contributed by atoms with Gasteiger partial charge in [-0.1, -0.05) is 13.3 Å². The summed E-state index contributed by atoms with van der Waals surface area (Å²) in [5.41, 5.74) is 0.0169. The molecule has 1 saturated carbocycles. The van der Waals surface area contributed by atoms with Gasteiger partial charge >= 0.3 is 0 Å². The van der Waals surface area contributed by atoms with Crippen LogP contribution in [0.5, 0.6) is 0 Å². The lowest BCUT2D eigenvalue weighted by Crippen LogP contribution is -2.52. The number of carbonyl (C=O) groups excluding carboxylic acids is 2. The van der Waals surface area contributed by atoms with Crippen molar-refractivity contribution in [3.05, 3.63) is 35.4 Å². The molecule has 0 saturated heterocycles. The lowest BCUT2D eigenvalue weighted by atomic mass is 9.77. The van der Waals surface area contributed by atoms with Gasteiger partial charge in [-0.3, -0.25) is 9.59 Å². The molecule has 1 aromatic rings. The van der Waals surface area contributed by atoms with E-state index in [2.05, 4.69) is 23.6 Å². The molecule has 6 nitrogen and oxygen atoms in total. The molecule has 2 unspecified atom stereocenters. The molecule has 2 rings (SSSR count). The first-order valence-corrected chi connectivity index (χ1v) is 7.98. The van der Waals surface area contributed by atoms with Gasteiger partial charge in [-0.15, -0.1) is 0 Å². The highest BCUT2D eigenvalue weighted by Crippen LogP contribution is 2.31. The van der Waals surface area contributed by atoms with Crippen LogP contribution in [0.15, 0.2) is 24.3 Å². The number of benzene rings is 1. The van der Waals surface area contributed by atoms with Gasteiger partial charge in [0, 0.05) is 5.56 Å². The minimum atomic E-state index is -0.825. The van der Waals surface area contributed by atoms with E-state index in [1.165, 1.54) is 12.1 Å². The Morgan fingerprint density at radius 2 is 2.00 bits per heavy atom. The normalized spacial score (nSPS) is 22.7. The third-order valence-corrected chi connectivity index (χ3v) is 4.28. The van der Waals surface area contributed by atoms with Gasteiger partial charge in [-0.05, 0) is 49.4 Å². The first kappa shape index (κ1) is 17.5. The van der Waals surface area contributed by atoms with Crippen LogP contribution in [0.4, 0.5) is 0 Å². The summed E-state index contributed by atoms with van der Waals surface area (Å²) >= 11 is 0. The molecular formula is C18H20N4O2. The Morgan fingerprint density at radius 1 is 1.29 bits per heavy atom. The smallest absolute Gasteiger partial charge is 0.251 e. The maximum atomic E-state index is 12.1. The van der Waals surface area contributed by atoms with Crippen molar-refractivity contribution in [2.45, 2.75) is 38.1 Å². The molecule has 24 heavy (non-hydrogen) atoms. The summed E-state index contributed by atoms with van der Waals surface area (Å²) in [6.07, 6.45) is 3.25. The monoisotopic (exact) mass is 324 g/mol. The summed E-state index contributed by atoms with van der Waals surface area (Å²) in [7, 11) is 0.